The quantitative estimate of drug-likeness (QED) is 0.427. The molecule has 0 saturated heterocycles. The van der Waals surface area contributed by atoms with E-state index in [0.29, 0.717) is 12.2 Å². The van der Waals surface area contributed by atoms with Gasteiger partial charge in [0.15, 0.2) is 5.16 Å². The van der Waals surface area contributed by atoms with Crippen LogP contribution in [-0.4, -0.2) is 36.5 Å². The molecular formula is C17H25N3O3S3. The SMILES string of the molecule is CNS(=O)(=O)CCCSc1nc2sc(C)c(C)c2c(=O)n1C1CCCC1. The van der Waals surface area contributed by atoms with Crippen LogP contribution in [0.2, 0.25) is 0 Å². The van der Waals surface area contributed by atoms with Gasteiger partial charge in [0, 0.05) is 16.7 Å². The lowest BCUT2D eigenvalue weighted by Gasteiger charge is -2.18. The lowest BCUT2D eigenvalue weighted by Crippen LogP contribution is -2.26. The lowest BCUT2D eigenvalue weighted by molar-refractivity contribution is 0.458. The predicted octanol–water partition coefficient (Wildman–Crippen LogP) is 3.22. The first-order valence-electron chi connectivity index (χ1n) is 8.90. The maximum Gasteiger partial charge on any atom is 0.263 e. The second kappa shape index (κ2) is 8.00. The summed E-state index contributed by atoms with van der Waals surface area (Å²) in [5, 5.41) is 1.49. The van der Waals surface area contributed by atoms with Crippen LogP contribution in [0.1, 0.15) is 48.6 Å². The number of sulfonamides is 1. The number of rotatable bonds is 7. The van der Waals surface area contributed by atoms with E-state index < -0.39 is 10.0 Å². The maximum absolute atomic E-state index is 13.2. The van der Waals surface area contributed by atoms with Crippen molar-refractivity contribution in [3.63, 3.8) is 0 Å². The Labute approximate surface area is 162 Å². The molecule has 26 heavy (non-hydrogen) atoms. The zero-order valence-electron chi connectivity index (χ0n) is 15.4. The summed E-state index contributed by atoms with van der Waals surface area (Å²) in [4.78, 5) is 19.9. The molecule has 1 aliphatic carbocycles. The van der Waals surface area contributed by atoms with Gasteiger partial charge in [-0.3, -0.25) is 9.36 Å². The van der Waals surface area contributed by atoms with Gasteiger partial charge in [-0.15, -0.1) is 11.3 Å². The van der Waals surface area contributed by atoms with Gasteiger partial charge in [0.05, 0.1) is 11.1 Å². The fourth-order valence-electron chi connectivity index (χ4n) is 3.39. The standard InChI is InChI=1S/C17H25N3O3S3/c1-11-12(2)25-15-14(11)16(21)20(13-7-4-5-8-13)17(19-15)24-9-6-10-26(22,23)18-3/h13,18H,4-10H2,1-3H3. The average molecular weight is 416 g/mol. The molecule has 0 spiro atoms. The Morgan fingerprint density at radius 1 is 1.31 bits per heavy atom. The van der Waals surface area contributed by atoms with Crippen molar-refractivity contribution in [3.8, 4) is 0 Å². The first kappa shape index (κ1) is 19.9. The molecule has 0 amide bonds. The average Bonchev–Trinajstić information content (AvgIpc) is 3.21. The van der Waals surface area contributed by atoms with Crippen LogP contribution in [0.15, 0.2) is 9.95 Å². The number of aryl methyl sites for hydroxylation is 2. The third-order valence-electron chi connectivity index (χ3n) is 4.99. The van der Waals surface area contributed by atoms with Crippen molar-refractivity contribution in [2.75, 3.05) is 18.6 Å². The second-order valence-corrected chi connectivity index (χ2v) is 11.0. The molecule has 2 heterocycles. The summed E-state index contributed by atoms with van der Waals surface area (Å²) in [5.74, 6) is 0.707. The van der Waals surface area contributed by atoms with Crippen molar-refractivity contribution in [2.24, 2.45) is 0 Å². The van der Waals surface area contributed by atoms with Crippen molar-refractivity contribution in [2.45, 2.75) is 57.1 Å². The zero-order valence-corrected chi connectivity index (χ0v) is 17.8. The Bertz CT molecular complexity index is 957. The summed E-state index contributed by atoms with van der Waals surface area (Å²) in [7, 11) is -1.77. The van der Waals surface area contributed by atoms with Gasteiger partial charge < -0.3 is 0 Å². The minimum atomic E-state index is -3.20. The molecule has 0 aliphatic heterocycles. The van der Waals surface area contributed by atoms with Crippen LogP contribution in [0.4, 0.5) is 0 Å². The summed E-state index contributed by atoms with van der Waals surface area (Å²) in [5.41, 5.74) is 1.10. The van der Waals surface area contributed by atoms with Crippen molar-refractivity contribution in [1.82, 2.24) is 14.3 Å². The van der Waals surface area contributed by atoms with Crippen LogP contribution in [0.5, 0.6) is 0 Å². The van der Waals surface area contributed by atoms with E-state index in [9.17, 15) is 13.2 Å². The minimum absolute atomic E-state index is 0.0640. The topological polar surface area (TPSA) is 81.1 Å². The summed E-state index contributed by atoms with van der Waals surface area (Å²) in [6.07, 6.45) is 4.82. The van der Waals surface area contributed by atoms with Gasteiger partial charge in [-0.2, -0.15) is 0 Å². The molecule has 2 aromatic heterocycles. The van der Waals surface area contributed by atoms with E-state index >= 15 is 0 Å². The van der Waals surface area contributed by atoms with Gasteiger partial charge in [-0.1, -0.05) is 24.6 Å². The number of thioether (sulfide) groups is 1. The van der Waals surface area contributed by atoms with Crippen LogP contribution >= 0.6 is 23.1 Å². The van der Waals surface area contributed by atoms with Crippen LogP contribution in [0.25, 0.3) is 10.2 Å². The predicted molar refractivity (Wildman–Crippen MR) is 109 cm³/mol. The van der Waals surface area contributed by atoms with Crippen LogP contribution in [-0.2, 0) is 10.0 Å². The molecule has 144 valence electrons. The highest BCUT2D eigenvalue weighted by Gasteiger charge is 2.24. The molecule has 0 radical (unpaired) electrons. The maximum atomic E-state index is 13.2. The van der Waals surface area contributed by atoms with Crippen LogP contribution in [0.3, 0.4) is 0 Å². The zero-order chi connectivity index (χ0) is 18.9. The van der Waals surface area contributed by atoms with E-state index in [4.69, 9.17) is 4.98 Å². The molecule has 9 heteroatoms. The normalized spacial score (nSPS) is 16.0. The second-order valence-electron chi connectivity index (χ2n) is 6.70. The Kier molecular flexibility index (Phi) is 6.11. The molecule has 0 atom stereocenters. The monoisotopic (exact) mass is 415 g/mol. The highest BCUT2D eigenvalue weighted by molar-refractivity contribution is 7.99. The number of hydrogen-bond acceptors (Lipinski definition) is 6. The molecule has 6 nitrogen and oxygen atoms in total. The fraction of sp³-hybridized carbons (Fsp3) is 0.647. The smallest absolute Gasteiger partial charge is 0.263 e. The summed E-state index contributed by atoms with van der Waals surface area (Å²) in [6, 6.07) is 0.211. The third kappa shape index (κ3) is 4.00. The lowest BCUT2D eigenvalue weighted by atomic mass is 10.2. The van der Waals surface area contributed by atoms with Crippen molar-refractivity contribution >= 4 is 43.3 Å². The van der Waals surface area contributed by atoms with Gasteiger partial charge >= 0.3 is 0 Å². The van der Waals surface area contributed by atoms with E-state index in [1.54, 1.807) is 11.3 Å². The van der Waals surface area contributed by atoms with Crippen molar-refractivity contribution in [1.29, 1.82) is 0 Å². The number of nitrogens with zero attached hydrogens (tertiary/aromatic N) is 2. The number of hydrogen-bond donors (Lipinski definition) is 1. The Hall–Kier alpha value is -0.900. The van der Waals surface area contributed by atoms with Gasteiger partial charge in [0.25, 0.3) is 5.56 Å². The van der Waals surface area contributed by atoms with Crippen molar-refractivity contribution in [3.05, 3.63) is 20.8 Å². The molecule has 1 aliphatic rings. The van der Waals surface area contributed by atoms with E-state index in [2.05, 4.69) is 4.72 Å². The number of fused-ring (bicyclic) bond motifs is 1. The number of aromatic nitrogens is 2. The molecule has 1 fully saturated rings. The largest absolute Gasteiger partial charge is 0.284 e. The molecular weight excluding hydrogens is 390 g/mol. The highest BCUT2D eigenvalue weighted by Crippen LogP contribution is 2.34. The molecule has 1 N–H and O–H groups in total. The van der Waals surface area contributed by atoms with Gasteiger partial charge in [-0.05, 0) is 45.7 Å². The fourth-order valence-corrected chi connectivity index (χ4v) is 6.38. The molecule has 1 saturated carbocycles. The summed E-state index contributed by atoms with van der Waals surface area (Å²) in [6.45, 7) is 4.02. The first-order chi connectivity index (χ1) is 12.3. The number of thiophene rings is 1. The Morgan fingerprint density at radius 3 is 2.65 bits per heavy atom. The molecule has 3 rings (SSSR count). The number of nitrogens with one attached hydrogen (secondary N) is 1. The van der Waals surface area contributed by atoms with E-state index in [1.807, 2.05) is 18.4 Å². The summed E-state index contributed by atoms with van der Waals surface area (Å²) >= 11 is 3.06. The minimum Gasteiger partial charge on any atom is -0.284 e. The molecule has 0 bridgehead atoms. The highest BCUT2D eigenvalue weighted by atomic mass is 32.2. The van der Waals surface area contributed by atoms with E-state index in [1.165, 1.54) is 18.8 Å². The van der Waals surface area contributed by atoms with Gasteiger partial charge in [0.1, 0.15) is 4.83 Å². The van der Waals surface area contributed by atoms with Crippen LogP contribution < -0.4 is 10.3 Å². The van der Waals surface area contributed by atoms with E-state index in [-0.39, 0.29) is 17.4 Å². The van der Waals surface area contributed by atoms with Gasteiger partial charge in [0.2, 0.25) is 10.0 Å². The Morgan fingerprint density at radius 2 is 2.00 bits per heavy atom. The van der Waals surface area contributed by atoms with Gasteiger partial charge in [-0.25, -0.2) is 18.1 Å². The molecule has 2 aromatic rings. The van der Waals surface area contributed by atoms with Crippen molar-refractivity contribution < 1.29 is 8.42 Å². The third-order valence-corrected chi connectivity index (χ3v) is 8.58. The van der Waals surface area contributed by atoms with Crippen LogP contribution in [0, 0.1) is 13.8 Å². The Balaban J connectivity index is 1.92. The molecule has 0 unspecified atom stereocenters. The summed E-state index contributed by atoms with van der Waals surface area (Å²) < 4.78 is 27.3. The first-order valence-corrected chi connectivity index (χ1v) is 12.4. The molecule has 0 aromatic carbocycles. The van der Waals surface area contributed by atoms with E-state index in [0.717, 1.165) is 51.5 Å².